The van der Waals surface area contributed by atoms with Gasteiger partial charge in [0.25, 0.3) is 0 Å². The number of halogens is 3. The quantitative estimate of drug-likeness (QED) is 0.728. The van der Waals surface area contributed by atoms with Crippen LogP contribution in [0.4, 0.5) is 4.39 Å². The molecule has 0 atom stereocenters. The van der Waals surface area contributed by atoms with E-state index in [2.05, 4.69) is 0 Å². The largest absolute Gasteiger partial charge is 0.335 e. The molecule has 0 radical (unpaired) electrons. The molecule has 1 amide bonds. The van der Waals surface area contributed by atoms with Crippen LogP contribution in [0.2, 0.25) is 5.02 Å². The van der Waals surface area contributed by atoms with Gasteiger partial charge in [0, 0.05) is 28.9 Å². The Kier molecular flexibility index (Phi) is 5.06. The highest BCUT2D eigenvalue weighted by atomic mass is 35.5. The van der Waals surface area contributed by atoms with Gasteiger partial charge >= 0.3 is 0 Å². The standard InChI is InChI=1S/C14H16Cl2FNO/c15-8-2-5-14(19)18(10-6-7-10)9-11-12(16)3-1-4-13(11)17/h1,3-4,10H,2,5-9H2. The van der Waals surface area contributed by atoms with Gasteiger partial charge in [-0.05, 0) is 31.4 Å². The SMILES string of the molecule is O=C(CCCCl)N(Cc1c(F)cccc1Cl)C1CC1. The molecule has 0 heterocycles. The zero-order valence-corrected chi connectivity index (χ0v) is 12.1. The first-order valence-corrected chi connectivity index (χ1v) is 7.33. The second-order valence-electron chi connectivity index (χ2n) is 4.75. The van der Waals surface area contributed by atoms with E-state index in [1.165, 1.54) is 6.07 Å². The topological polar surface area (TPSA) is 20.3 Å². The Morgan fingerprint density at radius 1 is 1.42 bits per heavy atom. The van der Waals surface area contributed by atoms with Crippen molar-refractivity contribution in [3.8, 4) is 0 Å². The van der Waals surface area contributed by atoms with Gasteiger partial charge in [0.05, 0.1) is 6.54 Å². The number of hydrogen-bond acceptors (Lipinski definition) is 1. The highest BCUT2D eigenvalue weighted by Gasteiger charge is 2.32. The number of nitrogens with zero attached hydrogens (tertiary/aromatic N) is 1. The molecule has 1 aliphatic carbocycles. The van der Waals surface area contributed by atoms with Crippen molar-refractivity contribution in [2.24, 2.45) is 0 Å². The number of alkyl halides is 1. The molecular weight excluding hydrogens is 288 g/mol. The van der Waals surface area contributed by atoms with Crippen LogP contribution >= 0.6 is 23.2 Å². The number of carbonyl (C=O) groups excluding carboxylic acids is 1. The van der Waals surface area contributed by atoms with Crippen molar-refractivity contribution in [2.45, 2.75) is 38.3 Å². The number of carbonyl (C=O) groups is 1. The minimum Gasteiger partial charge on any atom is -0.335 e. The first kappa shape index (κ1) is 14.6. The Hall–Kier alpha value is -0.800. The van der Waals surface area contributed by atoms with Crippen molar-refractivity contribution in [3.05, 3.63) is 34.6 Å². The molecule has 2 rings (SSSR count). The fourth-order valence-electron chi connectivity index (χ4n) is 2.02. The van der Waals surface area contributed by atoms with Crippen LogP contribution in [0.3, 0.4) is 0 Å². The molecule has 5 heteroatoms. The predicted octanol–water partition coefficient (Wildman–Crippen LogP) is 3.99. The number of benzene rings is 1. The third-order valence-electron chi connectivity index (χ3n) is 3.22. The highest BCUT2D eigenvalue weighted by molar-refractivity contribution is 6.31. The fraction of sp³-hybridized carbons (Fsp3) is 0.500. The van der Waals surface area contributed by atoms with E-state index in [1.54, 1.807) is 17.0 Å². The first-order chi connectivity index (χ1) is 9.13. The lowest BCUT2D eigenvalue weighted by molar-refractivity contribution is -0.132. The van der Waals surface area contributed by atoms with Gasteiger partial charge in [0.15, 0.2) is 0 Å². The van der Waals surface area contributed by atoms with Crippen LogP contribution in [0.1, 0.15) is 31.2 Å². The maximum absolute atomic E-state index is 13.8. The van der Waals surface area contributed by atoms with E-state index in [0.717, 1.165) is 12.8 Å². The molecule has 1 fully saturated rings. The summed E-state index contributed by atoms with van der Waals surface area (Å²) in [5.41, 5.74) is 0.398. The number of hydrogen-bond donors (Lipinski definition) is 0. The summed E-state index contributed by atoms with van der Waals surface area (Å²) in [6.45, 7) is 0.247. The number of rotatable bonds is 6. The molecule has 0 unspecified atom stereocenters. The van der Waals surface area contributed by atoms with Crippen molar-refractivity contribution < 1.29 is 9.18 Å². The summed E-state index contributed by atoms with van der Waals surface area (Å²) in [6, 6.07) is 4.82. The maximum Gasteiger partial charge on any atom is 0.223 e. The van der Waals surface area contributed by atoms with Crippen molar-refractivity contribution >= 4 is 29.1 Å². The molecule has 1 aliphatic rings. The molecule has 0 spiro atoms. The van der Waals surface area contributed by atoms with Gasteiger partial charge in [-0.1, -0.05) is 17.7 Å². The molecule has 0 N–H and O–H groups in total. The summed E-state index contributed by atoms with van der Waals surface area (Å²) in [5.74, 6) is 0.135. The van der Waals surface area contributed by atoms with Gasteiger partial charge in [-0.3, -0.25) is 4.79 Å². The molecule has 0 bridgehead atoms. The smallest absolute Gasteiger partial charge is 0.223 e. The van der Waals surface area contributed by atoms with Gasteiger partial charge in [0.1, 0.15) is 5.82 Å². The van der Waals surface area contributed by atoms with E-state index in [-0.39, 0.29) is 24.3 Å². The Morgan fingerprint density at radius 3 is 2.74 bits per heavy atom. The highest BCUT2D eigenvalue weighted by Crippen LogP contribution is 2.31. The van der Waals surface area contributed by atoms with E-state index < -0.39 is 0 Å². The lowest BCUT2D eigenvalue weighted by Gasteiger charge is -2.23. The summed E-state index contributed by atoms with van der Waals surface area (Å²) in [7, 11) is 0. The van der Waals surface area contributed by atoms with Crippen molar-refractivity contribution in [3.63, 3.8) is 0 Å². The van der Waals surface area contributed by atoms with E-state index in [4.69, 9.17) is 23.2 Å². The van der Waals surface area contributed by atoms with Crippen molar-refractivity contribution in [1.29, 1.82) is 0 Å². The minimum absolute atomic E-state index is 0.0301. The van der Waals surface area contributed by atoms with E-state index >= 15 is 0 Å². The van der Waals surface area contributed by atoms with Crippen LogP contribution in [0.25, 0.3) is 0 Å². The van der Waals surface area contributed by atoms with Crippen LogP contribution in [0.5, 0.6) is 0 Å². The molecule has 1 aromatic rings. The second-order valence-corrected chi connectivity index (χ2v) is 5.53. The Morgan fingerprint density at radius 2 is 2.16 bits per heavy atom. The first-order valence-electron chi connectivity index (χ1n) is 6.42. The zero-order valence-electron chi connectivity index (χ0n) is 10.5. The fourth-order valence-corrected chi connectivity index (χ4v) is 2.38. The molecule has 0 saturated heterocycles. The van der Waals surface area contributed by atoms with Gasteiger partial charge in [-0.25, -0.2) is 4.39 Å². The molecule has 19 heavy (non-hydrogen) atoms. The number of amides is 1. The van der Waals surface area contributed by atoms with Crippen molar-refractivity contribution in [1.82, 2.24) is 4.90 Å². The third-order valence-corrected chi connectivity index (χ3v) is 3.84. The molecular formula is C14H16Cl2FNO. The van der Waals surface area contributed by atoms with E-state index in [9.17, 15) is 9.18 Å². The average molecular weight is 304 g/mol. The Balaban J connectivity index is 2.10. The van der Waals surface area contributed by atoms with Crippen LogP contribution in [-0.2, 0) is 11.3 Å². The molecule has 104 valence electrons. The lowest BCUT2D eigenvalue weighted by atomic mass is 10.1. The van der Waals surface area contributed by atoms with Gasteiger partial charge in [-0.2, -0.15) is 0 Å². The van der Waals surface area contributed by atoms with Gasteiger partial charge < -0.3 is 4.90 Å². The van der Waals surface area contributed by atoms with Crippen LogP contribution in [0, 0.1) is 5.82 Å². The van der Waals surface area contributed by atoms with Crippen LogP contribution in [0.15, 0.2) is 18.2 Å². The van der Waals surface area contributed by atoms with E-state index in [0.29, 0.717) is 29.3 Å². The Bertz CT molecular complexity index is 443. The lowest BCUT2D eigenvalue weighted by Crippen LogP contribution is -2.32. The summed E-state index contributed by atoms with van der Waals surface area (Å²) in [6.07, 6.45) is 3.03. The normalized spacial score (nSPS) is 14.5. The molecule has 1 saturated carbocycles. The van der Waals surface area contributed by atoms with Crippen LogP contribution < -0.4 is 0 Å². The summed E-state index contributed by atoms with van der Waals surface area (Å²) in [5, 5.41) is 0.371. The zero-order chi connectivity index (χ0) is 13.8. The molecule has 0 aromatic heterocycles. The second kappa shape index (κ2) is 6.58. The minimum atomic E-state index is -0.358. The maximum atomic E-state index is 13.8. The van der Waals surface area contributed by atoms with E-state index in [1.807, 2.05) is 0 Å². The average Bonchev–Trinajstić information content (AvgIpc) is 3.20. The Labute approximate surface area is 122 Å². The van der Waals surface area contributed by atoms with Crippen LogP contribution in [-0.4, -0.2) is 22.7 Å². The van der Waals surface area contributed by atoms with Gasteiger partial charge in [0.2, 0.25) is 5.91 Å². The molecule has 1 aromatic carbocycles. The van der Waals surface area contributed by atoms with Crippen molar-refractivity contribution in [2.75, 3.05) is 5.88 Å². The predicted molar refractivity (Wildman–Crippen MR) is 74.9 cm³/mol. The molecule has 2 nitrogen and oxygen atoms in total. The van der Waals surface area contributed by atoms with Gasteiger partial charge in [-0.15, -0.1) is 11.6 Å². The summed E-state index contributed by atoms with van der Waals surface area (Å²) < 4.78 is 13.8. The monoisotopic (exact) mass is 303 g/mol. The summed E-state index contributed by atoms with van der Waals surface area (Å²) >= 11 is 11.6. The third kappa shape index (κ3) is 3.83. The summed E-state index contributed by atoms with van der Waals surface area (Å²) in [4.78, 5) is 13.8. The molecule has 0 aliphatic heterocycles.